The normalized spacial score (nSPS) is 18.1. The highest BCUT2D eigenvalue weighted by Crippen LogP contribution is 2.26. The van der Waals surface area contributed by atoms with Gasteiger partial charge in [-0.05, 0) is 37.7 Å². The van der Waals surface area contributed by atoms with E-state index in [1.165, 1.54) is 5.56 Å². The predicted molar refractivity (Wildman–Crippen MR) is 92.6 cm³/mol. The Labute approximate surface area is 138 Å². The van der Waals surface area contributed by atoms with Crippen molar-refractivity contribution in [2.24, 2.45) is 5.92 Å². The third kappa shape index (κ3) is 4.55. The molecular formula is C18H27N3O2. The molecule has 126 valence electrons. The number of amides is 2. The molecule has 1 aliphatic heterocycles. The molecule has 0 bridgehead atoms. The molecule has 5 nitrogen and oxygen atoms in total. The van der Waals surface area contributed by atoms with Gasteiger partial charge in [0.05, 0.1) is 5.92 Å². The second-order valence-corrected chi connectivity index (χ2v) is 6.75. The van der Waals surface area contributed by atoms with Crippen molar-refractivity contribution in [2.45, 2.75) is 26.2 Å². The molecule has 1 fully saturated rings. The monoisotopic (exact) mass is 317 g/mol. The molecule has 0 radical (unpaired) electrons. The molecular weight excluding hydrogens is 290 g/mol. The standard InChI is InChI=1S/C18H27N3O2/c1-13(2)14-5-7-16(8-6-14)21-12-15(11-17(21)22)18(23)19-9-10-20(3)4/h5-8,13,15H,9-12H2,1-4H3,(H,19,23). The van der Waals surface area contributed by atoms with E-state index in [2.05, 4.69) is 31.3 Å². The molecule has 1 aromatic rings. The van der Waals surface area contributed by atoms with Crippen LogP contribution in [0.1, 0.15) is 31.7 Å². The Morgan fingerprint density at radius 3 is 2.52 bits per heavy atom. The van der Waals surface area contributed by atoms with Gasteiger partial charge in [0.2, 0.25) is 11.8 Å². The van der Waals surface area contributed by atoms with Crippen molar-refractivity contribution >= 4 is 17.5 Å². The lowest BCUT2D eigenvalue weighted by atomic mass is 10.0. The van der Waals surface area contributed by atoms with E-state index in [1.54, 1.807) is 4.90 Å². The van der Waals surface area contributed by atoms with Crippen LogP contribution in [0.2, 0.25) is 0 Å². The highest BCUT2D eigenvalue weighted by atomic mass is 16.2. The first-order valence-electron chi connectivity index (χ1n) is 8.21. The van der Waals surface area contributed by atoms with Gasteiger partial charge in [-0.25, -0.2) is 0 Å². The van der Waals surface area contributed by atoms with Gasteiger partial charge < -0.3 is 15.1 Å². The fourth-order valence-electron chi connectivity index (χ4n) is 2.72. The Balaban J connectivity index is 1.95. The van der Waals surface area contributed by atoms with Gasteiger partial charge in [0.15, 0.2) is 0 Å². The summed E-state index contributed by atoms with van der Waals surface area (Å²) in [5, 5.41) is 2.91. The van der Waals surface area contributed by atoms with E-state index < -0.39 is 0 Å². The maximum absolute atomic E-state index is 12.2. The molecule has 2 amide bonds. The molecule has 1 saturated heterocycles. The summed E-state index contributed by atoms with van der Waals surface area (Å²) in [4.78, 5) is 28.2. The number of carbonyl (C=O) groups is 2. The summed E-state index contributed by atoms with van der Waals surface area (Å²) < 4.78 is 0. The van der Waals surface area contributed by atoms with Gasteiger partial charge in [0.25, 0.3) is 0 Å². The quantitative estimate of drug-likeness (QED) is 0.871. The molecule has 0 spiro atoms. The van der Waals surface area contributed by atoms with Crippen molar-refractivity contribution in [3.8, 4) is 0 Å². The third-order valence-electron chi connectivity index (χ3n) is 4.23. The number of rotatable bonds is 6. The van der Waals surface area contributed by atoms with E-state index in [4.69, 9.17) is 0 Å². The number of hydrogen-bond donors (Lipinski definition) is 1. The molecule has 1 aromatic carbocycles. The van der Waals surface area contributed by atoms with Crippen molar-refractivity contribution in [3.05, 3.63) is 29.8 Å². The van der Waals surface area contributed by atoms with Crippen LogP contribution < -0.4 is 10.2 Å². The van der Waals surface area contributed by atoms with Crippen LogP contribution in [-0.4, -0.2) is 50.4 Å². The van der Waals surface area contributed by atoms with E-state index in [0.717, 1.165) is 12.2 Å². The molecule has 2 rings (SSSR count). The average Bonchev–Trinajstić information content (AvgIpc) is 2.89. The number of benzene rings is 1. The Kier molecular flexibility index (Phi) is 5.77. The summed E-state index contributed by atoms with van der Waals surface area (Å²) in [6, 6.07) is 8.05. The molecule has 1 N–H and O–H groups in total. The average molecular weight is 317 g/mol. The molecule has 1 unspecified atom stereocenters. The van der Waals surface area contributed by atoms with Crippen LogP contribution in [0, 0.1) is 5.92 Å². The number of nitrogens with zero attached hydrogens (tertiary/aromatic N) is 2. The highest BCUT2D eigenvalue weighted by Gasteiger charge is 2.34. The lowest BCUT2D eigenvalue weighted by Crippen LogP contribution is -2.36. The number of anilines is 1. The van der Waals surface area contributed by atoms with Crippen molar-refractivity contribution in [1.82, 2.24) is 10.2 Å². The molecule has 0 aliphatic carbocycles. The van der Waals surface area contributed by atoms with Gasteiger partial charge in [-0.1, -0.05) is 26.0 Å². The van der Waals surface area contributed by atoms with Crippen LogP contribution >= 0.6 is 0 Å². The molecule has 1 atom stereocenters. The summed E-state index contributed by atoms with van der Waals surface area (Å²) in [5.74, 6) is 0.208. The van der Waals surface area contributed by atoms with Crippen LogP contribution in [0.5, 0.6) is 0 Å². The number of nitrogens with one attached hydrogen (secondary N) is 1. The van der Waals surface area contributed by atoms with Crippen LogP contribution in [0.3, 0.4) is 0 Å². The first-order chi connectivity index (χ1) is 10.9. The summed E-state index contributed by atoms with van der Waals surface area (Å²) in [7, 11) is 3.93. The van der Waals surface area contributed by atoms with Crippen LogP contribution in [0.4, 0.5) is 5.69 Å². The second kappa shape index (κ2) is 7.59. The van der Waals surface area contributed by atoms with Crippen molar-refractivity contribution in [3.63, 3.8) is 0 Å². The largest absolute Gasteiger partial charge is 0.355 e. The van der Waals surface area contributed by atoms with Gasteiger partial charge in [0, 0.05) is 31.7 Å². The zero-order valence-corrected chi connectivity index (χ0v) is 14.5. The highest BCUT2D eigenvalue weighted by molar-refractivity contribution is 6.00. The first-order valence-corrected chi connectivity index (χ1v) is 8.21. The maximum Gasteiger partial charge on any atom is 0.227 e. The molecule has 1 aliphatic rings. The van der Waals surface area contributed by atoms with Gasteiger partial charge in [-0.3, -0.25) is 9.59 Å². The van der Waals surface area contributed by atoms with Gasteiger partial charge in [-0.15, -0.1) is 0 Å². The van der Waals surface area contributed by atoms with Gasteiger partial charge in [0.1, 0.15) is 0 Å². The second-order valence-electron chi connectivity index (χ2n) is 6.75. The van der Waals surface area contributed by atoms with Crippen molar-refractivity contribution in [2.75, 3.05) is 38.6 Å². The topological polar surface area (TPSA) is 52.7 Å². The summed E-state index contributed by atoms with van der Waals surface area (Å²) >= 11 is 0. The lowest BCUT2D eigenvalue weighted by molar-refractivity contribution is -0.126. The molecule has 0 saturated carbocycles. The Morgan fingerprint density at radius 2 is 1.96 bits per heavy atom. The SMILES string of the molecule is CC(C)c1ccc(N2CC(C(=O)NCCN(C)C)CC2=O)cc1. The Bertz CT molecular complexity index is 552. The van der Waals surface area contributed by atoms with E-state index in [1.807, 2.05) is 31.1 Å². The Morgan fingerprint density at radius 1 is 1.30 bits per heavy atom. The van der Waals surface area contributed by atoms with Crippen molar-refractivity contribution < 1.29 is 9.59 Å². The Hall–Kier alpha value is -1.88. The fraction of sp³-hybridized carbons (Fsp3) is 0.556. The van der Waals surface area contributed by atoms with Gasteiger partial charge in [-0.2, -0.15) is 0 Å². The lowest BCUT2D eigenvalue weighted by Gasteiger charge is -2.18. The third-order valence-corrected chi connectivity index (χ3v) is 4.23. The molecule has 0 aromatic heterocycles. The summed E-state index contributed by atoms with van der Waals surface area (Å²) in [6.45, 7) is 6.16. The zero-order chi connectivity index (χ0) is 17.0. The summed E-state index contributed by atoms with van der Waals surface area (Å²) in [6.07, 6.45) is 0.291. The van der Waals surface area contributed by atoms with Crippen LogP contribution in [0.25, 0.3) is 0 Å². The van der Waals surface area contributed by atoms with E-state index >= 15 is 0 Å². The van der Waals surface area contributed by atoms with Crippen LogP contribution in [-0.2, 0) is 9.59 Å². The summed E-state index contributed by atoms with van der Waals surface area (Å²) in [5.41, 5.74) is 2.13. The van der Waals surface area contributed by atoms with E-state index in [0.29, 0.717) is 25.4 Å². The van der Waals surface area contributed by atoms with Crippen molar-refractivity contribution in [1.29, 1.82) is 0 Å². The maximum atomic E-state index is 12.2. The molecule has 1 heterocycles. The molecule has 23 heavy (non-hydrogen) atoms. The smallest absolute Gasteiger partial charge is 0.227 e. The van der Waals surface area contributed by atoms with Gasteiger partial charge >= 0.3 is 0 Å². The minimum absolute atomic E-state index is 0.0232. The fourth-order valence-corrected chi connectivity index (χ4v) is 2.72. The minimum Gasteiger partial charge on any atom is -0.355 e. The van der Waals surface area contributed by atoms with E-state index in [-0.39, 0.29) is 17.7 Å². The van der Waals surface area contributed by atoms with E-state index in [9.17, 15) is 9.59 Å². The zero-order valence-electron chi connectivity index (χ0n) is 14.5. The minimum atomic E-state index is -0.255. The number of hydrogen-bond acceptors (Lipinski definition) is 3. The number of likely N-dealkylation sites (N-methyl/N-ethyl adjacent to an activating group) is 1. The molecule has 5 heteroatoms. The van der Waals surface area contributed by atoms with Crippen LogP contribution in [0.15, 0.2) is 24.3 Å². The first kappa shape index (κ1) is 17.5. The predicted octanol–water partition coefficient (Wildman–Crippen LogP) is 1.84. The number of carbonyl (C=O) groups excluding carboxylic acids is 2.